The number of aromatic nitrogens is 4. The van der Waals surface area contributed by atoms with Crippen LogP contribution in [0.5, 0.6) is 5.75 Å². The van der Waals surface area contributed by atoms with Crippen molar-refractivity contribution < 1.29 is 9.84 Å². The van der Waals surface area contributed by atoms with Crippen LogP contribution in [0, 0.1) is 0 Å². The third-order valence-electron chi connectivity index (χ3n) is 3.57. The fourth-order valence-corrected chi connectivity index (χ4v) is 2.48. The van der Waals surface area contributed by atoms with Gasteiger partial charge in [-0.15, -0.1) is 10.2 Å². The van der Waals surface area contributed by atoms with Crippen molar-refractivity contribution in [2.24, 2.45) is 0 Å². The van der Waals surface area contributed by atoms with Crippen LogP contribution >= 0.6 is 0 Å². The highest BCUT2D eigenvalue weighted by atomic mass is 16.5. The van der Waals surface area contributed by atoms with Gasteiger partial charge in [0.05, 0.1) is 12.1 Å². The van der Waals surface area contributed by atoms with Crippen molar-refractivity contribution in [3.8, 4) is 5.75 Å². The molecule has 1 aromatic heterocycles. The van der Waals surface area contributed by atoms with Crippen LogP contribution in [0.1, 0.15) is 37.5 Å². The van der Waals surface area contributed by atoms with Crippen LogP contribution in [-0.4, -0.2) is 31.4 Å². The van der Waals surface area contributed by atoms with Crippen molar-refractivity contribution in [1.29, 1.82) is 0 Å². The van der Waals surface area contributed by atoms with E-state index in [0.717, 1.165) is 31.4 Å². The SMILES string of the molecule is O[C@H]1CCCC[C@H]1n1nnc(COc2ccccc2)n1. The normalized spacial score (nSPS) is 22.6. The first-order chi connectivity index (χ1) is 9.83. The Morgan fingerprint density at radius 2 is 2.00 bits per heavy atom. The molecule has 0 radical (unpaired) electrons. The van der Waals surface area contributed by atoms with E-state index in [1.807, 2.05) is 30.3 Å². The van der Waals surface area contributed by atoms with Gasteiger partial charge >= 0.3 is 0 Å². The van der Waals surface area contributed by atoms with Gasteiger partial charge in [-0.2, -0.15) is 4.80 Å². The summed E-state index contributed by atoms with van der Waals surface area (Å²) in [6.45, 7) is 0.285. The molecule has 106 valence electrons. The molecule has 1 aromatic carbocycles. The quantitative estimate of drug-likeness (QED) is 0.919. The smallest absolute Gasteiger partial charge is 0.212 e. The second-order valence-corrected chi connectivity index (χ2v) is 5.05. The summed E-state index contributed by atoms with van der Waals surface area (Å²) in [6, 6.07) is 9.48. The first-order valence-electron chi connectivity index (χ1n) is 6.97. The fraction of sp³-hybridized carbons (Fsp3) is 0.500. The molecular formula is C14H18N4O2. The summed E-state index contributed by atoms with van der Waals surface area (Å²) in [5, 5.41) is 22.3. The molecule has 2 aromatic rings. The van der Waals surface area contributed by atoms with Crippen LogP contribution in [-0.2, 0) is 6.61 Å². The Hall–Kier alpha value is -1.95. The molecule has 1 heterocycles. The van der Waals surface area contributed by atoms with Crippen LogP contribution in [0.4, 0.5) is 0 Å². The van der Waals surface area contributed by atoms with Gasteiger partial charge in [0, 0.05) is 0 Å². The number of para-hydroxylation sites is 1. The standard InChI is InChI=1S/C14H18N4O2/c19-13-9-5-4-8-12(13)18-16-14(15-17-18)10-20-11-6-2-1-3-7-11/h1-3,6-7,12-13,19H,4-5,8-10H2/t12-,13+/m1/s1. The summed E-state index contributed by atoms with van der Waals surface area (Å²) in [4.78, 5) is 1.54. The second kappa shape index (κ2) is 6.00. The maximum Gasteiger partial charge on any atom is 0.212 e. The lowest BCUT2D eigenvalue weighted by Gasteiger charge is -2.25. The average molecular weight is 274 g/mol. The van der Waals surface area contributed by atoms with Gasteiger partial charge in [-0.3, -0.25) is 0 Å². The Bertz CT molecular complexity index is 543. The number of aliphatic hydroxyl groups is 1. The van der Waals surface area contributed by atoms with Gasteiger partial charge in [0.1, 0.15) is 5.75 Å². The minimum absolute atomic E-state index is 0.0540. The van der Waals surface area contributed by atoms with Crippen molar-refractivity contribution in [3.05, 3.63) is 36.2 Å². The molecule has 2 atom stereocenters. The molecule has 1 N–H and O–H groups in total. The molecule has 6 heteroatoms. The number of aliphatic hydroxyl groups excluding tert-OH is 1. The lowest BCUT2D eigenvalue weighted by Crippen LogP contribution is -2.29. The topological polar surface area (TPSA) is 73.1 Å². The minimum Gasteiger partial charge on any atom is -0.485 e. The maximum absolute atomic E-state index is 9.98. The zero-order valence-corrected chi connectivity index (χ0v) is 11.2. The number of rotatable bonds is 4. The molecular weight excluding hydrogens is 256 g/mol. The molecule has 0 amide bonds. The highest BCUT2D eigenvalue weighted by Crippen LogP contribution is 2.27. The first kappa shape index (κ1) is 13.1. The predicted molar refractivity (Wildman–Crippen MR) is 72.1 cm³/mol. The third-order valence-corrected chi connectivity index (χ3v) is 3.57. The van der Waals surface area contributed by atoms with E-state index in [4.69, 9.17) is 4.74 Å². The predicted octanol–water partition coefficient (Wildman–Crippen LogP) is 1.73. The van der Waals surface area contributed by atoms with E-state index in [2.05, 4.69) is 15.4 Å². The minimum atomic E-state index is -0.374. The molecule has 0 unspecified atom stereocenters. The maximum atomic E-state index is 9.98. The lowest BCUT2D eigenvalue weighted by atomic mass is 9.93. The molecule has 20 heavy (non-hydrogen) atoms. The van der Waals surface area contributed by atoms with Crippen molar-refractivity contribution >= 4 is 0 Å². The summed E-state index contributed by atoms with van der Waals surface area (Å²) in [6.07, 6.45) is 3.49. The Labute approximate surface area is 117 Å². The van der Waals surface area contributed by atoms with Crippen LogP contribution in [0.3, 0.4) is 0 Å². The number of benzene rings is 1. The zero-order valence-electron chi connectivity index (χ0n) is 11.2. The molecule has 1 aliphatic carbocycles. The van der Waals surface area contributed by atoms with Crippen LogP contribution in [0.2, 0.25) is 0 Å². The highest BCUT2D eigenvalue weighted by molar-refractivity contribution is 5.20. The van der Waals surface area contributed by atoms with Crippen molar-refractivity contribution in [3.63, 3.8) is 0 Å². The molecule has 1 aliphatic rings. The number of hydrogen-bond acceptors (Lipinski definition) is 5. The Kier molecular flexibility index (Phi) is 3.92. The Morgan fingerprint density at radius 1 is 1.20 bits per heavy atom. The summed E-state index contributed by atoms with van der Waals surface area (Å²) >= 11 is 0. The molecule has 3 rings (SSSR count). The zero-order chi connectivity index (χ0) is 13.8. The van der Waals surface area contributed by atoms with E-state index in [-0.39, 0.29) is 18.8 Å². The van der Waals surface area contributed by atoms with Gasteiger partial charge in [0.15, 0.2) is 6.61 Å². The van der Waals surface area contributed by atoms with Gasteiger partial charge < -0.3 is 9.84 Å². The van der Waals surface area contributed by atoms with Crippen LogP contribution in [0.25, 0.3) is 0 Å². The van der Waals surface area contributed by atoms with Gasteiger partial charge in [0.25, 0.3) is 0 Å². The summed E-state index contributed by atoms with van der Waals surface area (Å²) < 4.78 is 5.58. The fourth-order valence-electron chi connectivity index (χ4n) is 2.48. The molecule has 0 spiro atoms. The number of nitrogens with zero attached hydrogens (tertiary/aromatic N) is 4. The molecule has 6 nitrogen and oxygen atoms in total. The summed E-state index contributed by atoms with van der Waals surface area (Å²) in [5.41, 5.74) is 0. The third kappa shape index (κ3) is 2.96. The molecule has 0 bridgehead atoms. The van der Waals surface area contributed by atoms with Crippen molar-refractivity contribution in [1.82, 2.24) is 20.2 Å². The Morgan fingerprint density at radius 3 is 2.80 bits per heavy atom. The molecule has 1 fully saturated rings. The van der Waals surface area contributed by atoms with E-state index in [9.17, 15) is 5.11 Å². The van der Waals surface area contributed by atoms with Crippen LogP contribution in [0.15, 0.2) is 30.3 Å². The van der Waals surface area contributed by atoms with Gasteiger partial charge in [-0.1, -0.05) is 31.0 Å². The number of ether oxygens (including phenoxy) is 1. The average Bonchev–Trinajstić information content (AvgIpc) is 2.95. The number of hydrogen-bond donors (Lipinski definition) is 1. The summed E-state index contributed by atoms with van der Waals surface area (Å²) in [7, 11) is 0. The monoisotopic (exact) mass is 274 g/mol. The van der Waals surface area contributed by atoms with E-state index in [1.54, 1.807) is 0 Å². The van der Waals surface area contributed by atoms with Gasteiger partial charge in [-0.25, -0.2) is 0 Å². The van der Waals surface area contributed by atoms with Gasteiger partial charge in [0.2, 0.25) is 5.82 Å². The number of tetrazole rings is 1. The van der Waals surface area contributed by atoms with E-state index >= 15 is 0 Å². The first-order valence-corrected chi connectivity index (χ1v) is 6.97. The second-order valence-electron chi connectivity index (χ2n) is 5.05. The van der Waals surface area contributed by atoms with E-state index < -0.39 is 0 Å². The van der Waals surface area contributed by atoms with E-state index in [1.165, 1.54) is 4.80 Å². The molecule has 0 aliphatic heterocycles. The summed E-state index contributed by atoms with van der Waals surface area (Å²) in [5.74, 6) is 1.31. The van der Waals surface area contributed by atoms with Crippen LogP contribution < -0.4 is 4.74 Å². The molecule has 1 saturated carbocycles. The van der Waals surface area contributed by atoms with E-state index in [0.29, 0.717) is 5.82 Å². The lowest BCUT2D eigenvalue weighted by molar-refractivity contribution is 0.0610. The van der Waals surface area contributed by atoms with Crippen molar-refractivity contribution in [2.75, 3.05) is 0 Å². The molecule has 0 saturated heterocycles. The van der Waals surface area contributed by atoms with Gasteiger partial charge in [-0.05, 0) is 30.2 Å². The highest BCUT2D eigenvalue weighted by Gasteiger charge is 2.26. The largest absolute Gasteiger partial charge is 0.485 e. The van der Waals surface area contributed by atoms with Crippen molar-refractivity contribution in [2.45, 2.75) is 44.4 Å². The Balaban J connectivity index is 1.62.